The standard InChI is InChI=1S/C12H23N5/c1-16-7-9-17(10-8-16)6-2-4-14-12-3-5-13-11-15-12/h3,11,14H,2,4-10H2,1H3,(H,13,15). The van der Waals surface area contributed by atoms with Crippen LogP contribution in [0.1, 0.15) is 6.42 Å². The van der Waals surface area contributed by atoms with Gasteiger partial charge in [-0.25, -0.2) is 0 Å². The molecule has 0 atom stereocenters. The number of hydrogen-bond donors (Lipinski definition) is 2. The molecule has 0 radical (unpaired) electrons. The fourth-order valence-corrected chi connectivity index (χ4v) is 2.09. The SMILES string of the molecule is CN1CCN(CCCNC2=CCN=CN2)CC1. The average molecular weight is 237 g/mol. The fourth-order valence-electron chi connectivity index (χ4n) is 2.09. The molecule has 2 aliphatic heterocycles. The highest BCUT2D eigenvalue weighted by Gasteiger charge is 2.12. The van der Waals surface area contributed by atoms with Crippen molar-refractivity contribution in [2.75, 3.05) is 52.9 Å². The van der Waals surface area contributed by atoms with Gasteiger partial charge in [0.05, 0.1) is 12.9 Å². The lowest BCUT2D eigenvalue weighted by Gasteiger charge is -2.32. The van der Waals surface area contributed by atoms with Gasteiger partial charge < -0.3 is 20.4 Å². The number of piperazine rings is 1. The van der Waals surface area contributed by atoms with E-state index < -0.39 is 0 Å². The third kappa shape index (κ3) is 4.36. The Labute approximate surface area is 104 Å². The molecule has 0 saturated carbocycles. The van der Waals surface area contributed by atoms with Crippen LogP contribution in [0.3, 0.4) is 0 Å². The molecule has 5 nitrogen and oxygen atoms in total. The minimum atomic E-state index is 0.786. The van der Waals surface area contributed by atoms with Gasteiger partial charge in [0.1, 0.15) is 5.82 Å². The fraction of sp³-hybridized carbons (Fsp3) is 0.750. The van der Waals surface area contributed by atoms with Gasteiger partial charge >= 0.3 is 0 Å². The summed E-state index contributed by atoms with van der Waals surface area (Å²) in [5.41, 5.74) is 0. The van der Waals surface area contributed by atoms with E-state index in [1.165, 1.54) is 39.1 Å². The van der Waals surface area contributed by atoms with E-state index in [2.05, 4.69) is 38.5 Å². The predicted octanol–water partition coefficient (Wildman–Crippen LogP) is -0.314. The lowest BCUT2D eigenvalue weighted by molar-refractivity contribution is 0.153. The molecule has 0 spiro atoms. The Morgan fingerprint density at radius 1 is 1.35 bits per heavy atom. The summed E-state index contributed by atoms with van der Waals surface area (Å²) in [5, 5.41) is 6.49. The van der Waals surface area contributed by atoms with Crippen molar-refractivity contribution in [2.24, 2.45) is 4.99 Å². The second-order valence-corrected chi connectivity index (χ2v) is 4.68. The van der Waals surface area contributed by atoms with Crippen molar-refractivity contribution in [3.8, 4) is 0 Å². The van der Waals surface area contributed by atoms with Gasteiger partial charge in [0.15, 0.2) is 0 Å². The van der Waals surface area contributed by atoms with E-state index in [0.717, 1.165) is 18.9 Å². The highest BCUT2D eigenvalue weighted by atomic mass is 15.2. The van der Waals surface area contributed by atoms with Crippen molar-refractivity contribution in [1.29, 1.82) is 0 Å². The lowest BCUT2D eigenvalue weighted by atomic mass is 10.3. The number of nitrogens with one attached hydrogen (secondary N) is 2. The highest BCUT2D eigenvalue weighted by molar-refractivity contribution is 5.58. The van der Waals surface area contributed by atoms with Crippen molar-refractivity contribution >= 4 is 6.34 Å². The second kappa shape index (κ2) is 6.61. The van der Waals surface area contributed by atoms with Crippen LogP contribution in [0.25, 0.3) is 0 Å². The van der Waals surface area contributed by atoms with Crippen LogP contribution in [0, 0.1) is 0 Å². The van der Waals surface area contributed by atoms with Crippen LogP contribution in [0.4, 0.5) is 0 Å². The predicted molar refractivity (Wildman–Crippen MR) is 71.1 cm³/mol. The second-order valence-electron chi connectivity index (χ2n) is 4.68. The Kier molecular flexibility index (Phi) is 4.82. The number of likely N-dealkylation sites (N-methyl/N-ethyl adjacent to an activating group) is 1. The Bertz CT molecular complexity index is 279. The van der Waals surface area contributed by atoms with E-state index in [1.807, 2.05) is 0 Å². The summed E-state index contributed by atoms with van der Waals surface area (Å²) in [5.74, 6) is 1.10. The number of rotatable bonds is 5. The Morgan fingerprint density at radius 2 is 2.18 bits per heavy atom. The molecule has 0 aromatic heterocycles. The molecule has 0 bridgehead atoms. The molecule has 2 N–H and O–H groups in total. The summed E-state index contributed by atoms with van der Waals surface area (Å²) in [6.07, 6.45) is 5.03. The summed E-state index contributed by atoms with van der Waals surface area (Å²) in [4.78, 5) is 9.01. The maximum atomic E-state index is 4.07. The van der Waals surface area contributed by atoms with E-state index >= 15 is 0 Å². The third-order valence-corrected chi connectivity index (χ3v) is 3.27. The average Bonchev–Trinajstić information content (AvgIpc) is 2.38. The van der Waals surface area contributed by atoms with Gasteiger partial charge in [-0.2, -0.15) is 0 Å². The zero-order valence-electron chi connectivity index (χ0n) is 10.7. The molecule has 0 unspecified atom stereocenters. The lowest BCUT2D eigenvalue weighted by Crippen LogP contribution is -2.45. The summed E-state index contributed by atoms with van der Waals surface area (Å²) < 4.78 is 0. The van der Waals surface area contributed by atoms with Crippen LogP contribution < -0.4 is 10.6 Å². The molecular formula is C12H23N5. The molecule has 2 heterocycles. The first-order valence-corrected chi connectivity index (χ1v) is 6.44. The van der Waals surface area contributed by atoms with Crippen LogP contribution >= 0.6 is 0 Å². The van der Waals surface area contributed by atoms with Gasteiger partial charge in [-0.15, -0.1) is 0 Å². The molecule has 17 heavy (non-hydrogen) atoms. The molecule has 5 heteroatoms. The van der Waals surface area contributed by atoms with Crippen LogP contribution in [-0.2, 0) is 0 Å². The first-order chi connectivity index (χ1) is 8.34. The summed E-state index contributed by atoms with van der Waals surface area (Å²) in [6.45, 7) is 7.84. The largest absolute Gasteiger partial charge is 0.372 e. The summed E-state index contributed by atoms with van der Waals surface area (Å²) in [6, 6.07) is 0. The van der Waals surface area contributed by atoms with Gasteiger partial charge in [0, 0.05) is 32.7 Å². The number of nitrogens with zero attached hydrogens (tertiary/aromatic N) is 3. The maximum absolute atomic E-state index is 4.07. The van der Waals surface area contributed by atoms with Crippen molar-refractivity contribution < 1.29 is 0 Å². The first kappa shape index (κ1) is 12.4. The van der Waals surface area contributed by atoms with E-state index in [4.69, 9.17) is 0 Å². The van der Waals surface area contributed by atoms with Gasteiger partial charge in [-0.3, -0.25) is 4.99 Å². The van der Waals surface area contributed by atoms with Crippen LogP contribution in [0.15, 0.2) is 16.9 Å². The van der Waals surface area contributed by atoms with Crippen molar-refractivity contribution in [3.63, 3.8) is 0 Å². The minimum absolute atomic E-state index is 0.786. The molecule has 2 aliphatic rings. The number of aliphatic imine (C=N–C) groups is 1. The van der Waals surface area contributed by atoms with E-state index in [-0.39, 0.29) is 0 Å². The van der Waals surface area contributed by atoms with Crippen molar-refractivity contribution in [2.45, 2.75) is 6.42 Å². The van der Waals surface area contributed by atoms with E-state index in [9.17, 15) is 0 Å². The van der Waals surface area contributed by atoms with Crippen LogP contribution in [0.2, 0.25) is 0 Å². The van der Waals surface area contributed by atoms with Gasteiger partial charge in [0.25, 0.3) is 0 Å². The molecule has 0 aromatic rings. The smallest absolute Gasteiger partial charge is 0.102 e. The van der Waals surface area contributed by atoms with Crippen LogP contribution in [0.5, 0.6) is 0 Å². The Balaban J connectivity index is 1.52. The maximum Gasteiger partial charge on any atom is 0.102 e. The zero-order valence-corrected chi connectivity index (χ0v) is 10.7. The molecule has 0 amide bonds. The van der Waals surface area contributed by atoms with E-state index in [1.54, 1.807) is 6.34 Å². The molecule has 0 aliphatic carbocycles. The zero-order chi connectivity index (χ0) is 11.9. The Hall–Kier alpha value is -1.07. The van der Waals surface area contributed by atoms with Gasteiger partial charge in [0.2, 0.25) is 0 Å². The first-order valence-electron chi connectivity index (χ1n) is 6.44. The molecule has 96 valence electrons. The Morgan fingerprint density at radius 3 is 2.88 bits per heavy atom. The topological polar surface area (TPSA) is 42.9 Å². The third-order valence-electron chi connectivity index (χ3n) is 3.27. The molecule has 1 fully saturated rings. The molecule has 2 rings (SSSR count). The minimum Gasteiger partial charge on any atom is -0.372 e. The summed E-state index contributed by atoms with van der Waals surface area (Å²) >= 11 is 0. The quantitative estimate of drug-likeness (QED) is 0.644. The summed E-state index contributed by atoms with van der Waals surface area (Å²) in [7, 11) is 2.20. The molecule has 0 aromatic carbocycles. The molecule has 1 saturated heterocycles. The monoisotopic (exact) mass is 237 g/mol. The van der Waals surface area contributed by atoms with Gasteiger partial charge in [-0.05, 0) is 26.1 Å². The van der Waals surface area contributed by atoms with Crippen molar-refractivity contribution in [1.82, 2.24) is 20.4 Å². The van der Waals surface area contributed by atoms with Crippen molar-refractivity contribution in [3.05, 3.63) is 11.9 Å². The molecular weight excluding hydrogens is 214 g/mol. The number of hydrogen-bond acceptors (Lipinski definition) is 5. The highest BCUT2D eigenvalue weighted by Crippen LogP contribution is 1.99. The van der Waals surface area contributed by atoms with E-state index in [0.29, 0.717) is 0 Å². The van der Waals surface area contributed by atoms with Gasteiger partial charge in [-0.1, -0.05) is 0 Å². The normalized spacial score (nSPS) is 22.1. The van der Waals surface area contributed by atoms with Crippen LogP contribution in [-0.4, -0.2) is 69.0 Å².